The zero-order valence-electron chi connectivity index (χ0n) is 10.8. The van der Waals surface area contributed by atoms with Crippen LogP contribution in [0, 0.1) is 11.3 Å². The number of amides is 2. The van der Waals surface area contributed by atoms with E-state index in [4.69, 9.17) is 16.9 Å². The molecule has 2 rings (SSSR count). The van der Waals surface area contributed by atoms with Crippen LogP contribution in [0.15, 0.2) is 18.2 Å². The van der Waals surface area contributed by atoms with Crippen molar-refractivity contribution in [1.82, 2.24) is 5.32 Å². The predicted octanol–water partition coefficient (Wildman–Crippen LogP) is 2.01. The predicted molar refractivity (Wildman–Crippen MR) is 75.2 cm³/mol. The van der Waals surface area contributed by atoms with E-state index in [2.05, 4.69) is 10.6 Å². The lowest BCUT2D eigenvalue weighted by Crippen LogP contribution is -2.46. The third-order valence-electron chi connectivity index (χ3n) is 3.12. The number of nitrogens with zero attached hydrogens (tertiary/aromatic N) is 1. The first-order valence-electron chi connectivity index (χ1n) is 6.36. The van der Waals surface area contributed by atoms with Crippen molar-refractivity contribution in [2.75, 3.05) is 5.32 Å². The molecule has 0 bridgehead atoms. The number of piperidine rings is 1. The molecule has 1 unspecified atom stereocenters. The van der Waals surface area contributed by atoms with Crippen molar-refractivity contribution in [1.29, 1.82) is 5.26 Å². The smallest absolute Gasteiger partial charge is 0.246 e. The molecule has 1 aliphatic rings. The average molecular weight is 292 g/mol. The minimum absolute atomic E-state index is 0.105. The first-order chi connectivity index (χ1) is 9.60. The van der Waals surface area contributed by atoms with Crippen molar-refractivity contribution in [3.05, 3.63) is 28.8 Å². The second-order valence-corrected chi connectivity index (χ2v) is 5.06. The second-order valence-electron chi connectivity index (χ2n) is 4.65. The number of anilines is 1. The van der Waals surface area contributed by atoms with E-state index in [9.17, 15) is 9.59 Å². The summed E-state index contributed by atoms with van der Waals surface area (Å²) in [6.45, 7) is 0. The first-order valence-corrected chi connectivity index (χ1v) is 6.73. The summed E-state index contributed by atoms with van der Waals surface area (Å²) in [5.41, 5.74) is 1.28. The number of hydrogen-bond acceptors (Lipinski definition) is 3. The zero-order chi connectivity index (χ0) is 14.5. The highest BCUT2D eigenvalue weighted by atomic mass is 35.5. The fourth-order valence-electron chi connectivity index (χ4n) is 2.08. The van der Waals surface area contributed by atoms with Crippen LogP contribution >= 0.6 is 11.6 Å². The fraction of sp³-hybridized carbons (Fsp3) is 0.357. The number of rotatable bonds is 3. The van der Waals surface area contributed by atoms with Gasteiger partial charge in [0, 0.05) is 6.42 Å². The molecule has 1 atom stereocenters. The molecule has 1 fully saturated rings. The van der Waals surface area contributed by atoms with Crippen molar-refractivity contribution in [2.45, 2.75) is 31.7 Å². The standard InChI is InChI=1S/C14H14ClN3O2/c15-10-8-9(6-7-16)4-5-11(10)18-14(20)12-2-1-3-13(19)17-12/h4-5,8,12H,1-3,6H2,(H,17,19)(H,18,20). The molecule has 0 radical (unpaired) electrons. The monoisotopic (exact) mass is 291 g/mol. The van der Waals surface area contributed by atoms with Gasteiger partial charge in [0.1, 0.15) is 6.04 Å². The highest BCUT2D eigenvalue weighted by molar-refractivity contribution is 6.33. The Bertz CT molecular complexity index is 580. The number of nitriles is 1. The zero-order valence-corrected chi connectivity index (χ0v) is 11.5. The lowest BCUT2D eigenvalue weighted by Gasteiger charge is -2.22. The van der Waals surface area contributed by atoms with Gasteiger partial charge < -0.3 is 10.6 Å². The number of halogens is 1. The van der Waals surface area contributed by atoms with Crippen LogP contribution in [0.25, 0.3) is 0 Å². The molecule has 6 heteroatoms. The van der Waals surface area contributed by atoms with E-state index in [0.717, 1.165) is 5.56 Å². The summed E-state index contributed by atoms with van der Waals surface area (Å²) in [7, 11) is 0. The Labute approximate surface area is 121 Å². The number of hydrogen-bond donors (Lipinski definition) is 2. The van der Waals surface area contributed by atoms with Gasteiger partial charge in [-0.2, -0.15) is 5.26 Å². The minimum Gasteiger partial charge on any atom is -0.344 e. The average Bonchev–Trinajstić information content (AvgIpc) is 2.42. The van der Waals surface area contributed by atoms with Crippen LogP contribution in [0.2, 0.25) is 5.02 Å². The Hall–Kier alpha value is -2.06. The molecule has 5 nitrogen and oxygen atoms in total. The number of carbonyl (C=O) groups excluding carboxylic acids is 2. The van der Waals surface area contributed by atoms with E-state index in [0.29, 0.717) is 30.0 Å². The molecule has 1 aromatic rings. The van der Waals surface area contributed by atoms with Crippen LogP contribution in [-0.4, -0.2) is 17.9 Å². The molecule has 104 valence electrons. The Kier molecular flexibility index (Phi) is 4.59. The molecule has 20 heavy (non-hydrogen) atoms. The van der Waals surface area contributed by atoms with Crippen molar-refractivity contribution in [2.24, 2.45) is 0 Å². The molecular formula is C14H14ClN3O2. The van der Waals surface area contributed by atoms with Gasteiger partial charge in [0.25, 0.3) is 0 Å². The molecule has 0 aromatic heterocycles. The van der Waals surface area contributed by atoms with Crippen molar-refractivity contribution < 1.29 is 9.59 Å². The molecule has 1 aromatic carbocycles. The molecule has 2 N–H and O–H groups in total. The van der Waals surface area contributed by atoms with Gasteiger partial charge in [-0.1, -0.05) is 17.7 Å². The van der Waals surface area contributed by atoms with E-state index in [1.165, 1.54) is 0 Å². The van der Waals surface area contributed by atoms with E-state index in [-0.39, 0.29) is 18.2 Å². The lowest BCUT2D eigenvalue weighted by atomic mass is 10.0. The summed E-state index contributed by atoms with van der Waals surface area (Å²) in [6, 6.07) is 6.58. The van der Waals surface area contributed by atoms with E-state index < -0.39 is 6.04 Å². The summed E-state index contributed by atoms with van der Waals surface area (Å²) >= 11 is 6.07. The summed E-state index contributed by atoms with van der Waals surface area (Å²) in [5, 5.41) is 14.4. The Balaban J connectivity index is 2.04. The maximum absolute atomic E-state index is 12.0. The quantitative estimate of drug-likeness (QED) is 0.894. The highest BCUT2D eigenvalue weighted by Gasteiger charge is 2.24. The van der Waals surface area contributed by atoms with Crippen molar-refractivity contribution in [3.8, 4) is 6.07 Å². The summed E-state index contributed by atoms with van der Waals surface area (Å²) in [6.07, 6.45) is 2.07. The Morgan fingerprint density at radius 2 is 2.35 bits per heavy atom. The van der Waals surface area contributed by atoms with Gasteiger partial charge in [0.05, 0.1) is 23.2 Å². The van der Waals surface area contributed by atoms with Gasteiger partial charge in [-0.15, -0.1) is 0 Å². The summed E-state index contributed by atoms with van der Waals surface area (Å²) in [5.74, 6) is -0.375. The van der Waals surface area contributed by atoms with Crippen LogP contribution in [0.5, 0.6) is 0 Å². The van der Waals surface area contributed by atoms with E-state index in [1.54, 1.807) is 18.2 Å². The fourth-order valence-corrected chi connectivity index (χ4v) is 2.33. The first kappa shape index (κ1) is 14.4. The van der Waals surface area contributed by atoms with Crippen LogP contribution in [0.4, 0.5) is 5.69 Å². The van der Waals surface area contributed by atoms with Gasteiger partial charge >= 0.3 is 0 Å². The van der Waals surface area contributed by atoms with Gasteiger partial charge in [-0.25, -0.2) is 0 Å². The van der Waals surface area contributed by atoms with Gasteiger partial charge in [0.15, 0.2) is 0 Å². The maximum atomic E-state index is 12.0. The van der Waals surface area contributed by atoms with Gasteiger partial charge in [0.2, 0.25) is 11.8 Å². The molecular weight excluding hydrogens is 278 g/mol. The Morgan fingerprint density at radius 1 is 1.55 bits per heavy atom. The molecule has 0 aliphatic carbocycles. The third kappa shape index (κ3) is 3.49. The van der Waals surface area contributed by atoms with Crippen LogP contribution in [0.3, 0.4) is 0 Å². The van der Waals surface area contributed by atoms with E-state index in [1.807, 2.05) is 6.07 Å². The minimum atomic E-state index is -0.508. The molecule has 1 saturated heterocycles. The van der Waals surface area contributed by atoms with Gasteiger partial charge in [-0.3, -0.25) is 9.59 Å². The summed E-state index contributed by atoms with van der Waals surface area (Å²) < 4.78 is 0. The topological polar surface area (TPSA) is 82.0 Å². The van der Waals surface area contributed by atoms with Crippen molar-refractivity contribution >= 4 is 29.1 Å². The second kappa shape index (κ2) is 6.40. The molecule has 2 amide bonds. The highest BCUT2D eigenvalue weighted by Crippen LogP contribution is 2.24. The summed E-state index contributed by atoms with van der Waals surface area (Å²) in [4.78, 5) is 23.3. The molecule has 0 spiro atoms. The molecule has 1 heterocycles. The van der Waals surface area contributed by atoms with Crippen molar-refractivity contribution in [3.63, 3.8) is 0 Å². The largest absolute Gasteiger partial charge is 0.344 e. The van der Waals surface area contributed by atoms with E-state index >= 15 is 0 Å². The third-order valence-corrected chi connectivity index (χ3v) is 3.44. The Morgan fingerprint density at radius 3 is 3.00 bits per heavy atom. The molecule has 0 saturated carbocycles. The maximum Gasteiger partial charge on any atom is 0.246 e. The molecule has 1 aliphatic heterocycles. The lowest BCUT2D eigenvalue weighted by molar-refractivity contribution is -0.128. The van der Waals surface area contributed by atoms with Crippen LogP contribution in [0.1, 0.15) is 24.8 Å². The normalized spacial score (nSPS) is 18.0. The SMILES string of the molecule is N#CCc1ccc(NC(=O)C2CCCC(=O)N2)c(Cl)c1. The van der Waals surface area contributed by atoms with Crippen LogP contribution < -0.4 is 10.6 Å². The van der Waals surface area contributed by atoms with Gasteiger partial charge in [-0.05, 0) is 30.5 Å². The number of carbonyl (C=O) groups is 2. The van der Waals surface area contributed by atoms with Crippen LogP contribution in [-0.2, 0) is 16.0 Å². The number of benzene rings is 1. The number of nitrogens with one attached hydrogen (secondary N) is 2.